The summed E-state index contributed by atoms with van der Waals surface area (Å²) in [6.45, 7) is 6.13. The Morgan fingerprint density at radius 1 is 1.28 bits per heavy atom. The minimum absolute atomic E-state index is 0.0142. The zero-order valence-electron chi connectivity index (χ0n) is 14.7. The van der Waals surface area contributed by atoms with Gasteiger partial charge in [0, 0.05) is 19.4 Å². The van der Waals surface area contributed by atoms with E-state index in [1.165, 1.54) is 0 Å². The first-order valence-corrected chi connectivity index (χ1v) is 8.42. The number of nitrogens with one attached hydrogen (secondary N) is 1. The normalized spacial score (nSPS) is 16.6. The highest BCUT2D eigenvalue weighted by molar-refractivity contribution is 5.97. The first-order valence-electron chi connectivity index (χ1n) is 8.42. The van der Waals surface area contributed by atoms with E-state index in [1.54, 1.807) is 11.8 Å². The van der Waals surface area contributed by atoms with E-state index in [2.05, 4.69) is 20.3 Å². The standard InChI is InChI=1S/C18H22N4O3/c1-11(2)8-16(23)22-10-14-7-5-4-6-13(14)9-15(22)18(24)19-17-12(3)20-25-21-17/h4-7,11,15H,8-10H2,1-3H3,(H,19,21,24). The third-order valence-electron chi connectivity index (χ3n) is 4.35. The van der Waals surface area contributed by atoms with Crippen LogP contribution >= 0.6 is 0 Å². The van der Waals surface area contributed by atoms with E-state index in [1.807, 2.05) is 38.1 Å². The smallest absolute Gasteiger partial charge is 0.248 e. The second kappa shape index (κ2) is 7.04. The van der Waals surface area contributed by atoms with Crippen molar-refractivity contribution in [2.45, 2.75) is 46.2 Å². The van der Waals surface area contributed by atoms with Crippen molar-refractivity contribution in [3.05, 3.63) is 41.1 Å². The van der Waals surface area contributed by atoms with E-state index < -0.39 is 6.04 Å². The van der Waals surface area contributed by atoms with E-state index in [0.29, 0.717) is 30.9 Å². The van der Waals surface area contributed by atoms with Crippen LogP contribution in [0.15, 0.2) is 28.9 Å². The molecule has 7 heteroatoms. The minimum atomic E-state index is -0.572. The summed E-state index contributed by atoms with van der Waals surface area (Å²) in [6, 6.07) is 7.34. The molecule has 1 unspecified atom stereocenters. The molecule has 25 heavy (non-hydrogen) atoms. The monoisotopic (exact) mass is 342 g/mol. The Morgan fingerprint density at radius 2 is 2.00 bits per heavy atom. The molecule has 3 rings (SSSR count). The van der Waals surface area contributed by atoms with Crippen molar-refractivity contribution in [3.8, 4) is 0 Å². The summed E-state index contributed by atoms with van der Waals surface area (Å²) in [5.41, 5.74) is 2.68. The van der Waals surface area contributed by atoms with Crippen LogP contribution in [-0.4, -0.2) is 33.1 Å². The fourth-order valence-corrected chi connectivity index (χ4v) is 3.03. The number of amides is 2. The second-order valence-corrected chi connectivity index (χ2v) is 6.80. The maximum atomic E-state index is 12.8. The number of hydrogen-bond acceptors (Lipinski definition) is 5. The largest absolute Gasteiger partial charge is 0.326 e. The molecule has 0 bridgehead atoms. The Balaban J connectivity index is 1.86. The third kappa shape index (κ3) is 3.70. The number of hydrogen-bond donors (Lipinski definition) is 1. The number of rotatable bonds is 4. The minimum Gasteiger partial charge on any atom is -0.326 e. The topological polar surface area (TPSA) is 88.3 Å². The number of carbonyl (C=O) groups excluding carboxylic acids is 2. The van der Waals surface area contributed by atoms with Gasteiger partial charge in [-0.2, -0.15) is 0 Å². The van der Waals surface area contributed by atoms with Gasteiger partial charge in [-0.15, -0.1) is 0 Å². The molecule has 1 aliphatic heterocycles. The lowest BCUT2D eigenvalue weighted by Gasteiger charge is -2.36. The molecule has 1 aromatic heterocycles. The van der Waals surface area contributed by atoms with Gasteiger partial charge in [-0.25, -0.2) is 4.63 Å². The second-order valence-electron chi connectivity index (χ2n) is 6.80. The molecule has 1 aliphatic rings. The molecule has 132 valence electrons. The van der Waals surface area contributed by atoms with Crippen molar-refractivity contribution < 1.29 is 14.2 Å². The van der Waals surface area contributed by atoms with Crippen molar-refractivity contribution in [1.29, 1.82) is 0 Å². The van der Waals surface area contributed by atoms with Gasteiger partial charge in [-0.05, 0) is 29.1 Å². The fourth-order valence-electron chi connectivity index (χ4n) is 3.03. The zero-order chi connectivity index (χ0) is 18.0. The zero-order valence-corrected chi connectivity index (χ0v) is 14.7. The summed E-state index contributed by atoms with van der Waals surface area (Å²) < 4.78 is 4.62. The van der Waals surface area contributed by atoms with Crippen LogP contribution in [0.25, 0.3) is 0 Å². The van der Waals surface area contributed by atoms with Crippen molar-refractivity contribution >= 4 is 17.6 Å². The van der Waals surface area contributed by atoms with E-state index in [-0.39, 0.29) is 17.7 Å². The average molecular weight is 342 g/mol. The lowest BCUT2D eigenvalue weighted by molar-refractivity contribution is -0.140. The summed E-state index contributed by atoms with van der Waals surface area (Å²) in [5.74, 6) is 0.237. The summed E-state index contributed by atoms with van der Waals surface area (Å²) >= 11 is 0. The van der Waals surface area contributed by atoms with E-state index in [9.17, 15) is 9.59 Å². The number of aromatic nitrogens is 2. The van der Waals surface area contributed by atoms with Gasteiger partial charge < -0.3 is 10.2 Å². The first-order chi connectivity index (χ1) is 12.0. The quantitative estimate of drug-likeness (QED) is 0.921. The highest BCUT2D eigenvalue weighted by Gasteiger charge is 2.35. The van der Waals surface area contributed by atoms with Gasteiger partial charge in [0.2, 0.25) is 11.8 Å². The molecule has 1 aromatic carbocycles. The molecule has 7 nitrogen and oxygen atoms in total. The van der Waals surface area contributed by atoms with Crippen LogP contribution in [0.2, 0.25) is 0 Å². The Hall–Kier alpha value is -2.70. The molecule has 0 aliphatic carbocycles. The number of aryl methyl sites for hydroxylation is 1. The van der Waals surface area contributed by atoms with Gasteiger partial charge in [-0.1, -0.05) is 43.3 Å². The summed E-state index contributed by atoms with van der Waals surface area (Å²) in [6.07, 6.45) is 0.895. The van der Waals surface area contributed by atoms with Crippen LogP contribution in [0.5, 0.6) is 0 Å². The molecular weight excluding hydrogens is 320 g/mol. The van der Waals surface area contributed by atoms with Gasteiger partial charge in [0.05, 0.1) is 0 Å². The third-order valence-corrected chi connectivity index (χ3v) is 4.35. The molecule has 1 N–H and O–H groups in total. The molecule has 0 radical (unpaired) electrons. The highest BCUT2D eigenvalue weighted by Crippen LogP contribution is 2.25. The molecule has 2 aromatic rings. The lowest BCUT2D eigenvalue weighted by atomic mass is 9.92. The van der Waals surface area contributed by atoms with Crippen LogP contribution in [0, 0.1) is 12.8 Å². The molecule has 0 fully saturated rings. The molecular formula is C18H22N4O3. The number of fused-ring (bicyclic) bond motifs is 1. The number of benzene rings is 1. The van der Waals surface area contributed by atoms with Crippen molar-refractivity contribution in [1.82, 2.24) is 15.2 Å². The van der Waals surface area contributed by atoms with Gasteiger partial charge in [0.25, 0.3) is 0 Å². The Labute approximate surface area is 146 Å². The molecule has 0 saturated carbocycles. The maximum Gasteiger partial charge on any atom is 0.248 e. The van der Waals surface area contributed by atoms with Crippen LogP contribution in [0.3, 0.4) is 0 Å². The number of carbonyl (C=O) groups is 2. The fraction of sp³-hybridized carbons (Fsp3) is 0.444. The van der Waals surface area contributed by atoms with Gasteiger partial charge >= 0.3 is 0 Å². The van der Waals surface area contributed by atoms with Crippen LogP contribution in [0.4, 0.5) is 5.82 Å². The predicted octanol–water partition coefficient (Wildman–Crippen LogP) is 2.32. The van der Waals surface area contributed by atoms with Gasteiger partial charge in [-0.3, -0.25) is 9.59 Å². The van der Waals surface area contributed by atoms with Crippen molar-refractivity contribution in [3.63, 3.8) is 0 Å². The molecule has 2 amide bonds. The lowest BCUT2D eigenvalue weighted by Crippen LogP contribution is -2.51. The number of nitrogens with zero attached hydrogens (tertiary/aromatic N) is 3. The van der Waals surface area contributed by atoms with Crippen molar-refractivity contribution in [2.24, 2.45) is 5.92 Å². The molecule has 0 saturated heterocycles. The Bertz CT molecular complexity index is 784. The molecule has 0 spiro atoms. The first kappa shape index (κ1) is 17.1. The summed E-state index contributed by atoms with van der Waals surface area (Å²) in [4.78, 5) is 27.2. The van der Waals surface area contributed by atoms with Gasteiger partial charge in [0.15, 0.2) is 5.82 Å². The Morgan fingerprint density at radius 3 is 2.64 bits per heavy atom. The van der Waals surface area contributed by atoms with E-state index >= 15 is 0 Å². The van der Waals surface area contributed by atoms with E-state index in [4.69, 9.17) is 0 Å². The highest BCUT2D eigenvalue weighted by atomic mass is 16.6. The predicted molar refractivity (Wildman–Crippen MR) is 91.6 cm³/mol. The maximum absolute atomic E-state index is 12.8. The van der Waals surface area contributed by atoms with Crippen LogP contribution < -0.4 is 5.32 Å². The van der Waals surface area contributed by atoms with Crippen molar-refractivity contribution in [2.75, 3.05) is 5.32 Å². The SMILES string of the molecule is Cc1nonc1NC(=O)C1Cc2ccccc2CN1C(=O)CC(C)C. The van der Waals surface area contributed by atoms with Crippen LogP contribution in [-0.2, 0) is 22.6 Å². The summed E-state index contributed by atoms with van der Waals surface area (Å²) in [7, 11) is 0. The van der Waals surface area contributed by atoms with E-state index in [0.717, 1.165) is 11.1 Å². The van der Waals surface area contributed by atoms with Gasteiger partial charge in [0.1, 0.15) is 11.7 Å². The Kier molecular flexibility index (Phi) is 4.83. The molecule has 2 heterocycles. The number of anilines is 1. The average Bonchev–Trinajstić information content (AvgIpc) is 2.97. The summed E-state index contributed by atoms with van der Waals surface area (Å²) in [5, 5.41) is 10.1. The molecule has 1 atom stereocenters. The van der Waals surface area contributed by atoms with Crippen LogP contribution in [0.1, 0.15) is 37.1 Å².